The molecule has 4 rings (SSSR count). The van der Waals surface area contributed by atoms with Crippen molar-refractivity contribution in [2.75, 3.05) is 11.4 Å². The van der Waals surface area contributed by atoms with E-state index in [1.807, 2.05) is 30.3 Å². The Bertz CT molecular complexity index is 995. The molecule has 3 amide bonds. The summed E-state index contributed by atoms with van der Waals surface area (Å²) < 4.78 is 27.3. The van der Waals surface area contributed by atoms with E-state index in [9.17, 15) is 23.2 Å². The monoisotopic (exact) mass is 427 g/mol. The fraction of sp³-hybridized carbons (Fsp3) is 0.348. The van der Waals surface area contributed by atoms with Crippen LogP contribution in [0.1, 0.15) is 24.8 Å². The number of carbonyl (C=O) groups is 3. The van der Waals surface area contributed by atoms with Gasteiger partial charge < -0.3 is 15.5 Å². The molecule has 0 spiro atoms. The number of hydrogen-bond acceptors (Lipinski definition) is 3. The van der Waals surface area contributed by atoms with Gasteiger partial charge in [0, 0.05) is 31.5 Å². The highest BCUT2D eigenvalue weighted by atomic mass is 19.1. The lowest BCUT2D eigenvalue weighted by atomic mass is 10.0. The zero-order valence-corrected chi connectivity index (χ0v) is 16.8. The van der Waals surface area contributed by atoms with Gasteiger partial charge >= 0.3 is 0 Å². The number of hydrogen-bond donors (Lipinski definition) is 2. The first-order valence-electron chi connectivity index (χ1n) is 10.3. The first-order valence-corrected chi connectivity index (χ1v) is 10.3. The fourth-order valence-corrected chi connectivity index (χ4v) is 3.69. The Balaban J connectivity index is 1.45. The third-order valence-electron chi connectivity index (χ3n) is 5.54. The van der Waals surface area contributed by atoms with Crippen LogP contribution in [0.25, 0.3) is 0 Å². The van der Waals surface area contributed by atoms with E-state index in [2.05, 4.69) is 10.6 Å². The SMILES string of the molecule is O=C(NC(Cc1ccccc1)C(=O)NC1CC1)C1CC(=O)N(c2ccc(F)cc2F)C1. The predicted molar refractivity (Wildman–Crippen MR) is 110 cm³/mol. The highest BCUT2D eigenvalue weighted by Crippen LogP contribution is 2.28. The molecule has 2 unspecified atom stereocenters. The summed E-state index contributed by atoms with van der Waals surface area (Å²) in [7, 11) is 0. The van der Waals surface area contributed by atoms with E-state index in [1.54, 1.807) is 0 Å². The van der Waals surface area contributed by atoms with E-state index in [0.717, 1.165) is 29.4 Å². The van der Waals surface area contributed by atoms with E-state index in [0.29, 0.717) is 12.5 Å². The van der Waals surface area contributed by atoms with E-state index in [4.69, 9.17) is 0 Å². The molecule has 0 bridgehead atoms. The van der Waals surface area contributed by atoms with Crippen LogP contribution in [-0.2, 0) is 20.8 Å². The number of nitrogens with zero attached hydrogens (tertiary/aromatic N) is 1. The van der Waals surface area contributed by atoms with Gasteiger partial charge in [-0.15, -0.1) is 0 Å². The number of anilines is 1. The van der Waals surface area contributed by atoms with Crippen LogP contribution in [0.15, 0.2) is 48.5 Å². The molecule has 2 atom stereocenters. The average Bonchev–Trinajstić information content (AvgIpc) is 3.47. The van der Waals surface area contributed by atoms with Crippen LogP contribution in [0, 0.1) is 17.6 Å². The molecule has 31 heavy (non-hydrogen) atoms. The largest absolute Gasteiger partial charge is 0.352 e. The van der Waals surface area contributed by atoms with Crippen LogP contribution in [0.3, 0.4) is 0 Å². The maximum atomic E-state index is 14.1. The summed E-state index contributed by atoms with van der Waals surface area (Å²) in [4.78, 5) is 39.1. The fourth-order valence-electron chi connectivity index (χ4n) is 3.69. The van der Waals surface area contributed by atoms with Crippen LogP contribution < -0.4 is 15.5 Å². The van der Waals surface area contributed by atoms with Gasteiger partial charge in [0.2, 0.25) is 17.7 Å². The molecule has 2 N–H and O–H groups in total. The highest BCUT2D eigenvalue weighted by Gasteiger charge is 2.38. The minimum absolute atomic E-state index is 0.0322. The zero-order chi connectivity index (χ0) is 22.0. The van der Waals surface area contributed by atoms with Gasteiger partial charge in [0.15, 0.2) is 0 Å². The first kappa shape index (κ1) is 21.0. The molecular formula is C23H23F2N3O3. The lowest BCUT2D eigenvalue weighted by Crippen LogP contribution is -2.50. The van der Waals surface area contributed by atoms with Gasteiger partial charge in [-0.05, 0) is 30.5 Å². The summed E-state index contributed by atoms with van der Waals surface area (Å²) in [5.41, 5.74) is 0.838. The first-order chi connectivity index (χ1) is 14.9. The topological polar surface area (TPSA) is 78.5 Å². The molecular weight excluding hydrogens is 404 g/mol. The maximum absolute atomic E-state index is 14.1. The van der Waals surface area contributed by atoms with E-state index in [-0.39, 0.29) is 30.6 Å². The minimum Gasteiger partial charge on any atom is -0.352 e. The van der Waals surface area contributed by atoms with Crippen LogP contribution in [0.2, 0.25) is 0 Å². The number of rotatable bonds is 7. The predicted octanol–water partition coefficient (Wildman–Crippen LogP) is 2.32. The molecule has 2 aliphatic rings. The molecule has 1 aliphatic heterocycles. The van der Waals surface area contributed by atoms with Gasteiger partial charge in [0.1, 0.15) is 17.7 Å². The number of benzene rings is 2. The van der Waals surface area contributed by atoms with Gasteiger partial charge in [-0.2, -0.15) is 0 Å². The molecule has 1 saturated carbocycles. The molecule has 0 radical (unpaired) electrons. The van der Waals surface area contributed by atoms with Crippen molar-refractivity contribution in [1.82, 2.24) is 10.6 Å². The number of halogens is 2. The van der Waals surface area contributed by atoms with Crippen molar-refractivity contribution in [3.8, 4) is 0 Å². The lowest BCUT2D eigenvalue weighted by Gasteiger charge is -2.21. The molecule has 0 aromatic heterocycles. The van der Waals surface area contributed by atoms with Gasteiger partial charge in [-0.3, -0.25) is 14.4 Å². The van der Waals surface area contributed by atoms with Crippen molar-refractivity contribution in [2.24, 2.45) is 5.92 Å². The van der Waals surface area contributed by atoms with Crippen molar-refractivity contribution in [2.45, 2.75) is 37.8 Å². The minimum atomic E-state index is -0.861. The molecule has 2 aromatic carbocycles. The van der Waals surface area contributed by atoms with Crippen LogP contribution >= 0.6 is 0 Å². The molecule has 162 valence electrons. The second-order valence-corrected chi connectivity index (χ2v) is 8.03. The van der Waals surface area contributed by atoms with Crippen LogP contribution in [0.4, 0.5) is 14.5 Å². The quantitative estimate of drug-likeness (QED) is 0.712. The highest BCUT2D eigenvalue weighted by molar-refractivity contribution is 6.01. The third-order valence-corrected chi connectivity index (χ3v) is 5.54. The summed E-state index contributed by atoms with van der Waals surface area (Å²) in [6.45, 7) is -0.0322. The second kappa shape index (κ2) is 8.83. The zero-order valence-electron chi connectivity index (χ0n) is 16.8. The Morgan fingerprint density at radius 2 is 1.84 bits per heavy atom. The van der Waals surface area contributed by atoms with Crippen LogP contribution in [-0.4, -0.2) is 36.3 Å². The smallest absolute Gasteiger partial charge is 0.243 e. The normalized spacial score (nSPS) is 19.2. The standard InChI is InChI=1S/C23H23F2N3O3/c24-16-6-9-20(18(25)12-16)28-13-15(11-21(28)29)22(30)27-19(23(31)26-17-7-8-17)10-14-4-2-1-3-5-14/h1-6,9,12,15,17,19H,7-8,10-11,13H2,(H,26,31)(H,27,30). The molecule has 2 fully saturated rings. The second-order valence-electron chi connectivity index (χ2n) is 8.03. The summed E-state index contributed by atoms with van der Waals surface area (Å²) >= 11 is 0. The average molecular weight is 427 g/mol. The number of nitrogens with one attached hydrogen (secondary N) is 2. The van der Waals surface area contributed by atoms with Crippen molar-refractivity contribution < 1.29 is 23.2 Å². The van der Waals surface area contributed by atoms with Crippen molar-refractivity contribution in [3.05, 3.63) is 65.7 Å². The van der Waals surface area contributed by atoms with E-state index >= 15 is 0 Å². The summed E-state index contributed by atoms with van der Waals surface area (Å²) in [5, 5.41) is 5.68. The summed E-state index contributed by atoms with van der Waals surface area (Å²) in [5.74, 6) is -3.46. The number of carbonyl (C=O) groups excluding carboxylic acids is 3. The Morgan fingerprint density at radius 1 is 1.10 bits per heavy atom. The van der Waals surface area contributed by atoms with E-state index < -0.39 is 35.4 Å². The molecule has 6 nitrogen and oxygen atoms in total. The lowest BCUT2D eigenvalue weighted by molar-refractivity contribution is -0.131. The van der Waals surface area contributed by atoms with Gasteiger partial charge in [-0.1, -0.05) is 30.3 Å². The molecule has 1 heterocycles. The van der Waals surface area contributed by atoms with Gasteiger partial charge in [0.05, 0.1) is 11.6 Å². The van der Waals surface area contributed by atoms with E-state index in [1.165, 1.54) is 6.07 Å². The maximum Gasteiger partial charge on any atom is 0.243 e. The summed E-state index contributed by atoms with van der Waals surface area (Å²) in [6, 6.07) is 11.7. The molecule has 1 saturated heterocycles. The van der Waals surface area contributed by atoms with Gasteiger partial charge in [0.25, 0.3) is 0 Å². The van der Waals surface area contributed by atoms with Gasteiger partial charge in [-0.25, -0.2) is 8.78 Å². The Hall–Kier alpha value is -3.29. The Morgan fingerprint density at radius 3 is 2.52 bits per heavy atom. The molecule has 2 aromatic rings. The number of amides is 3. The van der Waals surface area contributed by atoms with Crippen molar-refractivity contribution in [1.29, 1.82) is 0 Å². The van der Waals surface area contributed by atoms with Crippen LogP contribution in [0.5, 0.6) is 0 Å². The third kappa shape index (κ3) is 5.07. The Labute approximate surface area is 178 Å². The Kier molecular flexibility index (Phi) is 5.97. The van der Waals surface area contributed by atoms with Crippen molar-refractivity contribution in [3.63, 3.8) is 0 Å². The molecule has 1 aliphatic carbocycles. The molecule has 8 heteroatoms. The van der Waals surface area contributed by atoms with Crippen molar-refractivity contribution >= 4 is 23.4 Å². The summed E-state index contributed by atoms with van der Waals surface area (Å²) in [6.07, 6.45) is 2.06.